The number of esters is 1. The van der Waals surface area contributed by atoms with Gasteiger partial charge in [-0.25, -0.2) is 4.98 Å². The summed E-state index contributed by atoms with van der Waals surface area (Å²) in [5.41, 5.74) is 6.95. The van der Waals surface area contributed by atoms with E-state index in [1.165, 1.54) is 23.8 Å². The minimum absolute atomic E-state index is 0.0822. The van der Waals surface area contributed by atoms with E-state index in [-0.39, 0.29) is 24.9 Å². The molecule has 3 rings (SSSR count). The van der Waals surface area contributed by atoms with Gasteiger partial charge in [0.05, 0.1) is 17.8 Å². The highest BCUT2D eigenvalue weighted by Gasteiger charge is 2.19. The van der Waals surface area contributed by atoms with Crippen molar-refractivity contribution in [2.24, 2.45) is 0 Å². The van der Waals surface area contributed by atoms with Gasteiger partial charge in [-0.1, -0.05) is 24.3 Å². The lowest BCUT2D eigenvalue weighted by molar-refractivity contribution is -0.144. The number of carbonyl (C=O) groups excluding carboxylic acids is 2. The number of anilines is 2. The fourth-order valence-corrected chi connectivity index (χ4v) is 3.91. The molecule has 1 amide bonds. The maximum absolute atomic E-state index is 12.3. The van der Waals surface area contributed by atoms with E-state index in [1.807, 2.05) is 69.5 Å². The molecule has 1 heterocycles. The Morgan fingerprint density at radius 2 is 1.63 bits per heavy atom. The minimum atomic E-state index is -0.301. The Morgan fingerprint density at radius 3 is 2.27 bits per heavy atom. The van der Waals surface area contributed by atoms with Crippen molar-refractivity contribution in [3.8, 4) is 0 Å². The normalized spacial score (nSPS) is 10.7. The number of amides is 1. The second-order valence-electron chi connectivity index (χ2n) is 7.50. The third-order valence-electron chi connectivity index (χ3n) is 5.10. The first-order valence-electron chi connectivity index (χ1n) is 9.78. The molecule has 0 unspecified atom stereocenters. The maximum Gasteiger partial charge on any atom is 0.310 e. The number of ether oxygens (including phenoxy) is 1. The number of nitrogens with zero attached hydrogens (tertiary/aromatic N) is 2. The van der Waals surface area contributed by atoms with Crippen molar-refractivity contribution in [3.63, 3.8) is 0 Å². The van der Waals surface area contributed by atoms with Gasteiger partial charge in [0.25, 0.3) is 0 Å². The summed E-state index contributed by atoms with van der Waals surface area (Å²) in [6.45, 7) is 9.71. The lowest BCUT2D eigenvalue weighted by Gasteiger charge is -2.19. The molecule has 0 fully saturated rings. The summed E-state index contributed by atoms with van der Waals surface area (Å²) < 4.78 is 5.40. The van der Waals surface area contributed by atoms with Crippen molar-refractivity contribution in [1.29, 1.82) is 0 Å². The predicted molar refractivity (Wildman–Crippen MR) is 120 cm³/mol. The Hall–Kier alpha value is -2.99. The molecule has 2 aromatic carbocycles. The molecule has 30 heavy (non-hydrogen) atoms. The van der Waals surface area contributed by atoms with Gasteiger partial charge in [0.2, 0.25) is 5.91 Å². The van der Waals surface area contributed by atoms with Crippen molar-refractivity contribution in [2.75, 3.05) is 4.90 Å². The molecule has 0 atom stereocenters. The van der Waals surface area contributed by atoms with Crippen LogP contribution in [0.15, 0.2) is 41.8 Å². The number of benzene rings is 2. The van der Waals surface area contributed by atoms with Crippen LogP contribution in [0.5, 0.6) is 0 Å². The molecular formula is C24H26N2O3S. The average molecular weight is 423 g/mol. The van der Waals surface area contributed by atoms with Crippen LogP contribution in [-0.2, 0) is 27.4 Å². The van der Waals surface area contributed by atoms with E-state index < -0.39 is 0 Å². The molecule has 6 heteroatoms. The molecule has 0 N–H and O–H groups in total. The molecule has 0 saturated carbocycles. The van der Waals surface area contributed by atoms with Crippen molar-refractivity contribution in [2.45, 2.75) is 47.6 Å². The van der Waals surface area contributed by atoms with Crippen molar-refractivity contribution >= 4 is 34.0 Å². The van der Waals surface area contributed by atoms with E-state index >= 15 is 0 Å². The predicted octanol–water partition coefficient (Wildman–Crippen LogP) is 5.35. The smallest absolute Gasteiger partial charge is 0.310 e. The zero-order chi connectivity index (χ0) is 21.8. The molecule has 5 nitrogen and oxygen atoms in total. The lowest BCUT2D eigenvalue weighted by atomic mass is 10.0. The largest absolute Gasteiger partial charge is 0.459 e. The van der Waals surface area contributed by atoms with Crippen molar-refractivity contribution in [1.82, 2.24) is 4.98 Å². The van der Waals surface area contributed by atoms with Gasteiger partial charge in [-0.3, -0.25) is 14.5 Å². The van der Waals surface area contributed by atoms with Crippen LogP contribution in [0, 0.1) is 27.7 Å². The van der Waals surface area contributed by atoms with Crippen LogP contribution in [0.3, 0.4) is 0 Å². The van der Waals surface area contributed by atoms with Gasteiger partial charge < -0.3 is 4.74 Å². The molecular weight excluding hydrogens is 396 g/mol. The molecule has 0 spiro atoms. The highest BCUT2D eigenvalue weighted by atomic mass is 32.1. The second kappa shape index (κ2) is 9.22. The summed E-state index contributed by atoms with van der Waals surface area (Å²) >= 11 is 1.35. The third-order valence-corrected chi connectivity index (χ3v) is 5.97. The molecule has 0 aliphatic heterocycles. The average Bonchev–Trinajstić information content (AvgIpc) is 3.14. The van der Waals surface area contributed by atoms with Crippen LogP contribution in [0.2, 0.25) is 0 Å². The van der Waals surface area contributed by atoms with Gasteiger partial charge in [-0.15, -0.1) is 11.3 Å². The van der Waals surface area contributed by atoms with E-state index in [4.69, 9.17) is 4.74 Å². The first-order valence-corrected chi connectivity index (χ1v) is 10.7. The number of hydrogen-bond acceptors (Lipinski definition) is 5. The summed E-state index contributed by atoms with van der Waals surface area (Å²) in [6, 6.07) is 11.8. The zero-order valence-electron chi connectivity index (χ0n) is 18.0. The van der Waals surface area contributed by atoms with Crippen LogP contribution in [0.1, 0.15) is 40.4 Å². The highest BCUT2D eigenvalue weighted by Crippen LogP contribution is 2.30. The van der Waals surface area contributed by atoms with Crippen LogP contribution in [-0.4, -0.2) is 16.9 Å². The van der Waals surface area contributed by atoms with E-state index in [0.717, 1.165) is 27.9 Å². The topological polar surface area (TPSA) is 59.5 Å². The van der Waals surface area contributed by atoms with Gasteiger partial charge in [-0.2, -0.15) is 0 Å². The van der Waals surface area contributed by atoms with Gasteiger partial charge in [0.1, 0.15) is 6.61 Å². The molecule has 1 aromatic heterocycles. The number of hydrogen-bond donors (Lipinski definition) is 0. The SMILES string of the molecule is CC(=O)N(c1ccc(C)c(C)c1)c1nc(COC(=O)Cc2ccc(C)c(C)c2)cs1. The van der Waals surface area contributed by atoms with Gasteiger partial charge in [0.15, 0.2) is 5.13 Å². The number of aromatic nitrogens is 1. The zero-order valence-corrected chi connectivity index (χ0v) is 18.8. The molecule has 156 valence electrons. The Labute approximate surface area is 181 Å². The second-order valence-corrected chi connectivity index (χ2v) is 8.34. The number of rotatable bonds is 6. The molecule has 3 aromatic rings. The molecule has 0 aliphatic carbocycles. The third kappa shape index (κ3) is 5.13. The van der Waals surface area contributed by atoms with Crippen molar-refractivity contribution in [3.05, 3.63) is 75.3 Å². The summed E-state index contributed by atoms with van der Waals surface area (Å²) in [4.78, 5) is 30.6. The van der Waals surface area contributed by atoms with Crippen LogP contribution < -0.4 is 4.90 Å². The monoisotopic (exact) mass is 422 g/mol. The Balaban J connectivity index is 1.67. The first-order chi connectivity index (χ1) is 14.2. The summed E-state index contributed by atoms with van der Waals surface area (Å²) in [5.74, 6) is -0.420. The van der Waals surface area contributed by atoms with E-state index in [1.54, 1.807) is 4.90 Å². The van der Waals surface area contributed by atoms with Crippen LogP contribution in [0.25, 0.3) is 0 Å². The minimum Gasteiger partial charge on any atom is -0.459 e. The van der Waals surface area contributed by atoms with E-state index in [0.29, 0.717) is 10.8 Å². The van der Waals surface area contributed by atoms with Crippen molar-refractivity contribution < 1.29 is 14.3 Å². The Bertz CT molecular complexity index is 1090. The van der Waals surface area contributed by atoms with E-state index in [9.17, 15) is 9.59 Å². The summed E-state index contributed by atoms with van der Waals surface area (Å²) in [6.07, 6.45) is 0.223. The molecule has 0 radical (unpaired) electrons. The van der Waals surface area contributed by atoms with Gasteiger partial charge >= 0.3 is 5.97 Å². The lowest BCUT2D eigenvalue weighted by Crippen LogP contribution is -2.22. The Morgan fingerprint density at radius 1 is 0.967 bits per heavy atom. The fraction of sp³-hybridized carbons (Fsp3) is 0.292. The number of aryl methyl sites for hydroxylation is 4. The summed E-state index contributed by atoms with van der Waals surface area (Å²) in [7, 11) is 0. The van der Waals surface area contributed by atoms with Crippen LogP contribution in [0.4, 0.5) is 10.8 Å². The Kier molecular flexibility index (Phi) is 6.67. The van der Waals surface area contributed by atoms with Crippen LogP contribution >= 0.6 is 11.3 Å². The summed E-state index contributed by atoms with van der Waals surface area (Å²) in [5, 5.41) is 2.38. The number of carbonyl (C=O) groups is 2. The molecule has 0 saturated heterocycles. The fourth-order valence-electron chi connectivity index (χ4n) is 3.04. The van der Waals surface area contributed by atoms with E-state index in [2.05, 4.69) is 4.98 Å². The standard InChI is InChI=1S/C24H26N2O3S/c1-15-6-8-20(10-17(15)3)12-23(28)29-13-21-14-30-24(25-21)26(19(5)27)22-9-7-16(2)18(4)11-22/h6-11,14H,12-13H2,1-5H3. The highest BCUT2D eigenvalue weighted by molar-refractivity contribution is 7.14. The first kappa shape index (κ1) is 21.7. The van der Waals surface area contributed by atoms with Gasteiger partial charge in [-0.05, 0) is 67.6 Å². The molecule has 0 aliphatic rings. The maximum atomic E-state index is 12.3. The van der Waals surface area contributed by atoms with Gasteiger partial charge in [0, 0.05) is 12.3 Å². The quantitative estimate of drug-likeness (QED) is 0.503. The number of thiazole rings is 1. The molecule has 0 bridgehead atoms.